The summed E-state index contributed by atoms with van der Waals surface area (Å²) in [6.45, 7) is 6.13. The van der Waals surface area contributed by atoms with Gasteiger partial charge in [0, 0.05) is 11.4 Å². The number of nitrogens with zero attached hydrogens (tertiary/aromatic N) is 6. The van der Waals surface area contributed by atoms with E-state index in [1.807, 2.05) is 37.3 Å². The minimum absolute atomic E-state index is 0.544. The van der Waals surface area contributed by atoms with E-state index >= 15 is 0 Å². The number of rotatable bonds is 2. The van der Waals surface area contributed by atoms with Gasteiger partial charge in [0.05, 0.1) is 11.6 Å². The molecule has 5 heterocycles. The number of hydrogen-bond donors (Lipinski definition) is 0. The molecule has 5 aromatic rings. The first-order valence-electron chi connectivity index (χ1n) is 8.34. The van der Waals surface area contributed by atoms with Crippen molar-refractivity contribution in [3.05, 3.63) is 59.9 Å². The highest BCUT2D eigenvalue weighted by Crippen LogP contribution is 2.30. The van der Waals surface area contributed by atoms with Gasteiger partial charge in [-0.15, -0.1) is 5.10 Å². The van der Waals surface area contributed by atoms with E-state index < -0.39 is 0 Å². The molecule has 0 N–H and O–H groups in total. The van der Waals surface area contributed by atoms with Crippen LogP contribution in [0, 0.1) is 20.8 Å². The fraction of sp³-hybridized carbons (Fsp3) is 0.158. The minimum atomic E-state index is 0.544. The number of furan rings is 1. The summed E-state index contributed by atoms with van der Waals surface area (Å²) in [6, 6.07) is 9.65. The molecule has 7 heteroatoms. The SMILES string of the molecule is Cc1cccc(-n2c(C)c(C)c3c2ncn2nc(-c4ccco4)nc32)n1. The molecular formula is C19H16N6O. The smallest absolute Gasteiger partial charge is 0.217 e. The second-order valence-electron chi connectivity index (χ2n) is 6.31. The molecule has 0 amide bonds. The maximum absolute atomic E-state index is 5.43. The summed E-state index contributed by atoms with van der Waals surface area (Å²) in [7, 11) is 0. The first kappa shape index (κ1) is 14.8. The highest BCUT2D eigenvalue weighted by atomic mass is 16.3. The van der Waals surface area contributed by atoms with Crippen LogP contribution in [0.1, 0.15) is 17.0 Å². The number of hydrogen-bond acceptors (Lipinski definition) is 5. The van der Waals surface area contributed by atoms with Gasteiger partial charge in [-0.25, -0.2) is 19.5 Å². The van der Waals surface area contributed by atoms with Gasteiger partial charge in [0.15, 0.2) is 17.1 Å². The Labute approximate surface area is 149 Å². The molecule has 5 rings (SSSR count). The molecule has 0 saturated carbocycles. The standard InChI is InChI=1S/C19H16N6O/c1-11-6-4-8-15(21-11)25-13(3)12(2)16-18(25)20-10-24-19(16)22-17(23-24)14-7-5-9-26-14/h4-10H,1-3H3. The molecule has 128 valence electrons. The van der Waals surface area contributed by atoms with Gasteiger partial charge < -0.3 is 4.42 Å². The molecule has 0 spiro atoms. The monoisotopic (exact) mass is 344 g/mol. The molecule has 0 atom stereocenters. The lowest BCUT2D eigenvalue weighted by Gasteiger charge is -2.07. The van der Waals surface area contributed by atoms with Gasteiger partial charge in [0.2, 0.25) is 5.82 Å². The number of aromatic nitrogens is 6. The number of aryl methyl sites for hydroxylation is 2. The van der Waals surface area contributed by atoms with E-state index in [1.54, 1.807) is 17.1 Å². The molecule has 26 heavy (non-hydrogen) atoms. The molecule has 0 unspecified atom stereocenters. The Hall–Kier alpha value is -3.48. The molecule has 0 saturated heterocycles. The third kappa shape index (κ3) is 2.00. The lowest BCUT2D eigenvalue weighted by molar-refractivity contribution is 0.577. The molecule has 0 radical (unpaired) electrons. The van der Waals surface area contributed by atoms with Crippen LogP contribution >= 0.6 is 0 Å². The summed E-state index contributed by atoms with van der Waals surface area (Å²) < 4.78 is 9.19. The molecule has 0 bridgehead atoms. The predicted octanol–water partition coefficient (Wildman–Crippen LogP) is 3.65. The summed E-state index contributed by atoms with van der Waals surface area (Å²) in [5.41, 5.74) is 4.74. The normalized spacial score (nSPS) is 11.7. The Bertz CT molecular complexity index is 1260. The van der Waals surface area contributed by atoms with Gasteiger partial charge in [-0.3, -0.25) is 4.57 Å². The van der Waals surface area contributed by atoms with Crippen LogP contribution in [0.3, 0.4) is 0 Å². The lowest BCUT2D eigenvalue weighted by atomic mass is 10.2. The van der Waals surface area contributed by atoms with E-state index in [9.17, 15) is 0 Å². The predicted molar refractivity (Wildman–Crippen MR) is 97.3 cm³/mol. The van der Waals surface area contributed by atoms with Crippen molar-refractivity contribution in [3.8, 4) is 17.4 Å². The fourth-order valence-corrected chi connectivity index (χ4v) is 3.30. The molecule has 7 nitrogen and oxygen atoms in total. The Morgan fingerprint density at radius 2 is 1.85 bits per heavy atom. The van der Waals surface area contributed by atoms with Crippen LogP contribution in [0.15, 0.2) is 47.3 Å². The van der Waals surface area contributed by atoms with E-state index in [0.29, 0.717) is 11.6 Å². The van der Waals surface area contributed by atoms with Crippen molar-refractivity contribution in [3.63, 3.8) is 0 Å². The number of pyridine rings is 1. The largest absolute Gasteiger partial charge is 0.461 e. The van der Waals surface area contributed by atoms with Gasteiger partial charge >= 0.3 is 0 Å². The van der Waals surface area contributed by atoms with Crippen molar-refractivity contribution in [2.45, 2.75) is 20.8 Å². The third-order valence-corrected chi connectivity index (χ3v) is 4.68. The van der Waals surface area contributed by atoms with Crippen molar-refractivity contribution < 1.29 is 4.42 Å². The van der Waals surface area contributed by atoms with Gasteiger partial charge in [0.25, 0.3) is 0 Å². The van der Waals surface area contributed by atoms with Gasteiger partial charge in [-0.05, 0) is 50.6 Å². The number of fused-ring (bicyclic) bond motifs is 3. The highest BCUT2D eigenvalue weighted by molar-refractivity contribution is 5.95. The summed E-state index contributed by atoms with van der Waals surface area (Å²) in [6.07, 6.45) is 3.30. The van der Waals surface area contributed by atoms with Gasteiger partial charge in [-0.2, -0.15) is 0 Å². The third-order valence-electron chi connectivity index (χ3n) is 4.68. The van der Waals surface area contributed by atoms with Crippen LogP contribution < -0.4 is 0 Å². The molecule has 0 aromatic carbocycles. The van der Waals surface area contributed by atoms with E-state index in [-0.39, 0.29) is 0 Å². The lowest BCUT2D eigenvalue weighted by Crippen LogP contribution is -2.02. The zero-order valence-electron chi connectivity index (χ0n) is 14.6. The Kier molecular flexibility index (Phi) is 3.00. The van der Waals surface area contributed by atoms with Gasteiger partial charge in [-0.1, -0.05) is 6.07 Å². The Morgan fingerprint density at radius 1 is 0.962 bits per heavy atom. The summed E-state index contributed by atoms with van der Waals surface area (Å²) in [5, 5.41) is 5.47. The van der Waals surface area contributed by atoms with Crippen LogP contribution in [0.25, 0.3) is 34.1 Å². The second kappa shape index (κ2) is 5.26. The molecule has 0 aliphatic carbocycles. The summed E-state index contributed by atoms with van der Waals surface area (Å²) >= 11 is 0. The van der Waals surface area contributed by atoms with E-state index in [1.165, 1.54) is 0 Å². The van der Waals surface area contributed by atoms with E-state index in [0.717, 1.165) is 39.4 Å². The van der Waals surface area contributed by atoms with Crippen LogP contribution in [0.5, 0.6) is 0 Å². The van der Waals surface area contributed by atoms with Crippen molar-refractivity contribution in [2.75, 3.05) is 0 Å². The minimum Gasteiger partial charge on any atom is -0.461 e. The quantitative estimate of drug-likeness (QED) is 0.489. The second-order valence-corrected chi connectivity index (χ2v) is 6.31. The topological polar surface area (TPSA) is 74.0 Å². The summed E-state index contributed by atoms with van der Waals surface area (Å²) in [5.74, 6) is 2.03. The van der Waals surface area contributed by atoms with Crippen molar-refractivity contribution in [2.24, 2.45) is 0 Å². The Balaban J connectivity index is 1.84. The summed E-state index contributed by atoms with van der Waals surface area (Å²) in [4.78, 5) is 14.0. The van der Waals surface area contributed by atoms with E-state index in [4.69, 9.17) is 9.40 Å². The molecule has 0 aliphatic heterocycles. The molecular weight excluding hydrogens is 328 g/mol. The van der Waals surface area contributed by atoms with Crippen molar-refractivity contribution >= 4 is 16.7 Å². The van der Waals surface area contributed by atoms with Gasteiger partial charge in [0.1, 0.15) is 12.1 Å². The average molecular weight is 344 g/mol. The first-order chi connectivity index (χ1) is 12.6. The zero-order valence-corrected chi connectivity index (χ0v) is 14.6. The van der Waals surface area contributed by atoms with Crippen molar-refractivity contribution in [1.82, 2.24) is 29.1 Å². The van der Waals surface area contributed by atoms with Crippen LogP contribution in [0.4, 0.5) is 0 Å². The maximum atomic E-state index is 5.43. The zero-order chi connectivity index (χ0) is 17.8. The van der Waals surface area contributed by atoms with Crippen molar-refractivity contribution in [1.29, 1.82) is 0 Å². The van der Waals surface area contributed by atoms with E-state index in [2.05, 4.69) is 33.5 Å². The first-order valence-corrected chi connectivity index (χ1v) is 8.34. The fourth-order valence-electron chi connectivity index (χ4n) is 3.30. The Morgan fingerprint density at radius 3 is 2.62 bits per heavy atom. The average Bonchev–Trinajstić information content (AvgIpc) is 3.34. The van der Waals surface area contributed by atoms with Crippen LogP contribution in [0.2, 0.25) is 0 Å². The molecule has 0 fully saturated rings. The van der Waals surface area contributed by atoms with Crippen LogP contribution in [-0.4, -0.2) is 29.1 Å². The molecule has 0 aliphatic rings. The highest BCUT2D eigenvalue weighted by Gasteiger charge is 2.20. The maximum Gasteiger partial charge on any atom is 0.217 e. The van der Waals surface area contributed by atoms with Crippen LogP contribution in [-0.2, 0) is 0 Å². The molecule has 5 aromatic heterocycles.